The highest BCUT2D eigenvalue weighted by atomic mass is 32.2. The molecule has 0 aromatic heterocycles. The first-order chi connectivity index (χ1) is 7.35. The van der Waals surface area contributed by atoms with Crippen LogP contribution in [0.15, 0.2) is 0 Å². The van der Waals surface area contributed by atoms with Crippen LogP contribution >= 0.6 is 11.8 Å². The highest BCUT2D eigenvalue weighted by molar-refractivity contribution is 8.15. The predicted octanol–water partition coefficient (Wildman–Crippen LogP) is 1.71. The molecule has 16 heavy (non-hydrogen) atoms. The van der Waals surface area contributed by atoms with Crippen molar-refractivity contribution >= 4 is 28.6 Å². The van der Waals surface area contributed by atoms with Crippen molar-refractivity contribution in [2.45, 2.75) is 50.9 Å². The number of carbonyl (C=O) groups is 3. The van der Waals surface area contributed by atoms with Gasteiger partial charge in [-0.3, -0.25) is 14.4 Å². The summed E-state index contributed by atoms with van der Waals surface area (Å²) < 4.78 is 5.10. The van der Waals surface area contributed by atoms with E-state index < -0.39 is 16.8 Å². The van der Waals surface area contributed by atoms with Gasteiger partial charge in [0.1, 0.15) is 5.60 Å². The van der Waals surface area contributed by atoms with Crippen LogP contribution < -0.4 is 0 Å². The summed E-state index contributed by atoms with van der Waals surface area (Å²) in [4.78, 5) is 34.6. The monoisotopic (exact) mass is 244 g/mol. The smallest absolute Gasteiger partial charge is 0.327 e. The molecule has 1 fully saturated rings. The van der Waals surface area contributed by atoms with E-state index in [-0.39, 0.29) is 17.3 Å². The minimum atomic E-state index is -0.952. The third kappa shape index (κ3) is 3.33. The minimum absolute atomic E-state index is 0.127. The van der Waals surface area contributed by atoms with Gasteiger partial charge in [0.15, 0.2) is 16.1 Å². The quantitative estimate of drug-likeness (QED) is 0.558. The molecule has 0 aromatic carbocycles. The zero-order valence-corrected chi connectivity index (χ0v) is 10.6. The highest BCUT2D eigenvalue weighted by Crippen LogP contribution is 2.29. The number of esters is 1. The first-order valence-electron chi connectivity index (χ1n) is 5.31. The van der Waals surface area contributed by atoms with Crippen molar-refractivity contribution in [2.75, 3.05) is 0 Å². The second kappa shape index (κ2) is 4.99. The van der Waals surface area contributed by atoms with E-state index in [1.54, 1.807) is 13.8 Å². The molecule has 1 rings (SSSR count). The Morgan fingerprint density at radius 3 is 2.62 bits per heavy atom. The molecule has 0 amide bonds. The van der Waals surface area contributed by atoms with Crippen molar-refractivity contribution in [1.29, 1.82) is 0 Å². The molecule has 1 aliphatic rings. The van der Waals surface area contributed by atoms with Crippen LogP contribution in [0, 0.1) is 0 Å². The molecule has 1 heterocycles. The average Bonchev–Trinajstić information content (AvgIpc) is 2.10. The lowest BCUT2D eigenvalue weighted by Crippen LogP contribution is -2.46. The molecular weight excluding hydrogens is 228 g/mol. The topological polar surface area (TPSA) is 60.4 Å². The van der Waals surface area contributed by atoms with Gasteiger partial charge >= 0.3 is 5.97 Å². The summed E-state index contributed by atoms with van der Waals surface area (Å²) in [5, 5.41) is -1.08. The molecule has 1 unspecified atom stereocenters. The number of ketones is 1. The Morgan fingerprint density at radius 2 is 2.12 bits per heavy atom. The number of thioether (sulfide) groups is 1. The Balaban J connectivity index is 2.65. The molecule has 4 nitrogen and oxygen atoms in total. The lowest BCUT2D eigenvalue weighted by atomic mass is 9.97. The summed E-state index contributed by atoms with van der Waals surface area (Å²) in [6, 6.07) is 0. The zero-order chi connectivity index (χ0) is 12.3. The van der Waals surface area contributed by atoms with Gasteiger partial charge < -0.3 is 4.74 Å². The maximum Gasteiger partial charge on any atom is 0.327 e. The molecule has 0 spiro atoms. The van der Waals surface area contributed by atoms with Crippen LogP contribution in [0.2, 0.25) is 0 Å². The van der Waals surface area contributed by atoms with Gasteiger partial charge in [-0.25, -0.2) is 0 Å². The minimum Gasteiger partial charge on any atom is -0.458 e. The van der Waals surface area contributed by atoms with Gasteiger partial charge in [-0.15, -0.1) is 0 Å². The standard InChI is InChI=1S/C11H16O4S/c1-4-5-8(13)16-9-7(12)6-11(2,3)15-10(9)14/h9H,4-6H2,1-3H3. The molecule has 1 atom stereocenters. The Bertz CT molecular complexity index is 302. The predicted molar refractivity (Wildman–Crippen MR) is 61.1 cm³/mol. The maximum atomic E-state index is 11.7. The van der Waals surface area contributed by atoms with Gasteiger partial charge in [0.25, 0.3) is 0 Å². The van der Waals surface area contributed by atoms with Gasteiger partial charge in [-0.1, -0.05) is 18.7 Å². The number of cyclic esters (lactones) is 1. The van der Waals surface area contributed by atoms with Gasteiger partial charge in [-0.05, 0) is 20.3 Å². The van der Waals surface area contributed by atoms with Crippen molar-refractivity contribution < 1.29 is 19.1 Å². The number of hydrogen-bond donors (Lipinski definition) is 0. The van der Waals surface area contributed by atoms with Crippen molar-refractivity contribution in [3.63, 3.8) is 0 Å². The maximum absolute atomic E-state index is 11.7. The van der Waals surface area contributed by atoms with Gasteiger partial charge in [0.2, 0.25) is 0 Å². The summed E-state index contributed by atoms with van der Waals surface area (Å²) in [6.45, 7) is 5.26. The number of carbonyl (C=O) groups excluding carboxylic acids is 3. The molecule has 1 saturated heterocycles. The number of ether oxygens (including phenoxy) is 1. The van der Waals surface area contributed by atoms with Crippen molar-refractivity contribution in [3.05, 3.63) is 0 Å². The van der Waals surface area contributed by atoms with Crippen LogP contribution in [0.3, 0.4) is 0 Å². The second-order valence-corrected chi connectivity index (χ2v) is 5.61. The average molecular weight is 244 g/mol. The van der Waals surface area contributed by atoms with E-state index in [0.717, 1.165) is 11.8 Å². The first-order valence-corrected chi connectivity index (χ1v) is 6.19. The Kier molecular flexibility index (Phi) is 4.13. The summed E-state index contributed by atoms with van der Waals surface area (Å²) in [6.07, 6.45) is 1.27. The third-order valence-electron chi connectivity index (χ3n) is 2.19. The lowest BCUT2D eigenvalue weighted by Gasteiger charge is -2.32. The van der Waals surface area contributed by atoms with Crippen LogP contribution in [0.4, 0.5) is 0 Å². The van der Waals surface area contributed by atoms with Crippen LogP contribution in [0.1, 0.15) is 40.0 Å². The molecular formula is C11H16O4S. The van der Waals surface area contributed by atoms with E-state index in [1.807, 2.05) is 6.92 Å². The van der Waals surface area contributed by atoms with Crippen molar-refractivity contribution in [1.82, 2.24) is 0 Å². The summed E-state index contributed by atoms with van der Waals surface area (Å²) >= 11 is 0.799. The molecule has 0 aliphatic carbocycles. The molecule has 0 bridgehead atoms. The van der Waals surface area contributed by atoms with Crippen molar-refractivity contribution in [2.24, 2.45) is 0 Å². The summed E-state index contributed by atoms with van der Waals surface area (Å²) in [7, 11) is 0. The molecule has 0 N–H and O–H groups in total. The van der Waals surface area contributed by atoms with E-state index in [0.29, 0.717) is 12.8 Å². The fourth-order valence-corrected chi connectivity index (χ4v) is 2.46. The summed E-state index contributed by atoms with van der Waals surface area (Å²) in [5.74, 6) is -0.800. The number of hydrogen-bond acceptors (Lipinski definition) is 5. The first kappa shape index (κ1) is 13.2. The third-order valence-corrected chi connectivity index (χ3v) is 3.34. The molecule has 90 valence electrons. The Hall–Kier alpha value is -0.840. The van der Waals surface area contributed by atoms with Crippen LogP contribution in [0.25, 0.3) is 0 Å². The SMILES string of the molecule is CCCC(=O)SC1C(=O)CC(C)(C)OC1=O. The van der Waals surface area contributed by atoms with E-state index in [1.165, 1.54) is 0 Å². The molecule has 0 aromatic rings. The molecule has 5 heteroatoms. The molecule has 1 aliphatic heterocycles. The van der Waals surface area contributed by atoms with E-state index in [4.69, 9.17) is 4.74 Å². The fourth-order valence-electron chi connectivity index (χ4n) is 1.51. The molecule has 0 radical (unpaired) electrons. The number of rotatable bonds is 3. The van der Waals surface area contributed by atoms with Gasteiger partial charge in [-0.2, -0.15) is 0 Å². The second-order valence-electron chi connectivity index (χ2n) is 4.44. The Labute approximate surface area is 99.1 Å². The van der Waals surface area contributed by atoms with E-state index in [2.05, 4.69) is 0 Å². The van der Waals surface area contributed by atoms with Crippen LogP contribution in [0.5, 0.6) is 0 Å². The van der Waals surface area contributed by atoms with Crippen molar-refractivity contribution in [3.8, 4) is 0 Å². The van der Waals surface area contributed by atoms with E-state index in [9.17, 15) is 14.4 Å². The Morgan fingerprint density at radius 1 is 1.50 bits per heavy atom. The highest BCUT2D eigenvalue weighted by Gasteiger charge is 2.42. The lowest BCUT2D eigenvalue weighted by molar-refractivity contribution is -0.165. The van der Waals surface area contributed by atoms with E-state index >= 15 is 0 Å². The van der Waals surface area contributed by atoms with Gasteiger partial charge in [0.05, 0.1) is 0 Å². The molecule has 0 saturated carbocycles. The van der Waals surface area contributed by atoms with Gasteiger partial charge in [0, 0.05) is 12.8 Å². The fraction of sp³-hybridized carbons (Fsp3) is 0.727. The van der Waals surface area contributed by atoms with Crippen LogP contribution in [-0.4, -0.2) is 27.7 Å². The van der Waals surface area contributed by atoms with Crippen LogP contribution in [-0.2, 0) is 19.1 Å². The zero-order valence-electron chi connectivity index (χ0n) is 9.74. The number of Topliss-reactive ketones (excluding diaryl/α,β-unsaturated/α-hetero) is 1. The largest absolute Gasteiger partial charge is 0.458 e. The normalized spacial score (nSPS) is 24.1. The summed E-state index contributed by atoms with van der Waals surface area (Å²) in [5.41, 5.74) is -0.737.